The molecule has 0 aliphatic rings. The first kappa shape index (κ1) is 16.2. The minimum Gasteiger partial charge on any atom is -0.481 e. The quantitative estimate of drug-likeness (QED) is 0.718. The van der Waals surface area contributed by atoms with Gasteiger partial charge in [0.1, 0.15) is 5.75 Å². The Morgan fingerprint density at radius 1 is 1.37 bits per heavy atom. The third kappa shape index (κ3) is 6.21. The molecule has 5 nitrogen and oxygen atoms in total. The summed E-state index contributed by atoms with van der Waals surface area (Å²) in [5.74, 6) is 0.544. The van der Waals surface area contributed by atoms with E-state index < -0.39 is 7.60 Å². The highest BCUT2D eigenvalue weighted by Gasteiger charge is 2.23. The van der Waals surface area contributed by atoms with Crippen molar-refractivity contribution in [3.63, 3.8) is 0 Å². The van der Waals surface area contributed by atoms with Crippen LogP contribution in [0.3, 0.4) is 0 Å². The predicted octanol–water partition coefficient (Wildman–Crippen LogP) is 2.52. The molecule has 0 aliphatic carbocycles. The highest BCUT2D eigenvalue weighted by Crippen LogP contribution is 2.43. The van der Waals surface area contributed by atoms with Crippen LogP contribution in [0.25, 0.3) is 0 Å². The molecule has 0 heterocycles. The van der Waals surface area contributed by atoms with E-state index in [9.17, 15) is 9.46 Å². The Labute approximate surface area is 114 Å². The van der Waals surface area contributed by atoms with Crippen molar-refractivity contribution in [2.45, 2.75) is 32.8 Å². The lowest BCUT2D eigenvalue weighted by molar-refractivity contribution is 0.170. The molecule has 0 saturated heterocycles. The van der Waals surface area contributed by atoms with E-state index in [-0.39, 0.29) is 12.5 Å². The second-order valence-electron chi connectivity index (χ2n) is 4.42. The van der Waals surface area contributed by atoms with Gasteiger partial charge in [-0.3, -0.25) is 4.57 Å². The first-order valence-corrected chi connectivity index (χ1v) is 8.15. The second kappa shape index (κ2) is 7.65. The van der Waals surface area contributed by atoms with Crippen LogP contribution in [-0.4, -0.2) is 23.9 Å². The van der Waals surface area contributed by atoms with Crippen LogP contribution in [0, 0.1) is 0 Å². The first-order valence-electron chi connectivity index (χ1n) is 6.39. The molecule has 0 bridgehead atoms. The van der Waals surface area contributed by atoms with E-state index in [2.05, 4.69) is 0 Å². The van der Waals surface area contributed by atoms with Crippen LogP contribution in [0.5, 0.6) is 5.75 Å². The molecule has 0 radical (unpaired) electrons. The maximum absolute atomic E-state index is 11.7. The van der Waals surface area contributed by atoms with Crippen LogP contribution in [0.2, 0.25) is 0 Å². The summed E-state index contributed by atoms with van der Waals surface area (Å²) in [6.07, 6.45) is 0.883. The number of hydrogen-bond acceptors (Lipinski definition) is 4. The summed E-state index contributed by atoms with van der Waals surface area (Å²) in [4.78, 5) is 9.61. The van der Waals surface area contributed by atoms with Crippen LogP contribution >= 0.6 is 7.60 Å². The Kier molecular flexibility index (Phi) is 6.52. The summed E-state index contributed by atoms with van der Waals surface area (Å²) in [7, 11) is -3.70. The molecular formula is C13H22NO4P. The van der Waals surface area contributed by atoms with Crippen LogP contribution < -0.4 is 10.5 Å². The average molecular weight is 287 g/mol. The van der Waals surface area contributed by atoms with Gasteiger partial charge >= 0.3 is 7.60 Å². The SMILES string of the molecule is CCC(C)OP(=O)(O)COc1ccc(CCN)cc1. The normalized spacial score (nSPS) is 15.8. The predicted molar refractivity (Wildman–Crippen MR) is 75.4 cm³/mol. The van der Waals surface area contributed by atoms with Crippen LogP contribution in [-0.2, 0) is 15.5 Å². The number of ether oxygens (including phenoxy) is 1. The molecule has 0 aliphatic heterocycles. The Bertz CT molecular complexity index is 421. The fourth-order valence-corrected chi connectivity index (χ4v) is 2.55. The molecule has 1 aromatic carbocycles. The van der Waals surface area contributed by atoms with Gasteiger partial charge < -0.3 is 19.9 Å². The Hall–Kier alpha value is -0.870. The Morgan fingerprint density at radius 3 is 2.53 bits per heavy atom. The molecule has 1 rings (SSSR count). The van der Waals surface area contributed by atoms with Crippen molar-refractivity contribution < 1.29 is 18.7 Å². The lowest BCUT2D eigenvalue weighted by atomic mass is 10.1. The Balaban J connectivity index is 2.49. The Morgan fingerprint density at radius 2 is 2.00 bits per heavy atom. The number of nitrogens with two attached hydrogens (primary N) is 1. The second-order valence-corrected chi connectivity index (χ2v) is 6.16. The molecule has 6 heteroatoms. The fraction of sp³-hybridized carbons (Fsp3) is 0.538. The van der Waals surface area contributed by atoms with E-state index in [0.717, 1.165) is 12.0 Å². The van der Waals surface area contributed by atoms with Crippen molar-refractivity contribution in [1.29, 1.82) is 0 Å². The molecule has 19 heavy (non-hydrogen) atoms. The van der Waals surface area contributed by atoms with Crippen molar-refractivity contribution in [3.8, 4) is 5.75 Å². The van der Waals surface area contributed by atoms with E-state index in [1.165, 1.54) is 0 Å². The van der Waals surface area contributed by atoms with Gasteiger partial charge in [-0.15, -0.1) is 0 Å². The molecule has 2 atom stereocenters. The molecule has 3 N–H and O–H groups in total. The minimum absolute atomic E-state index is 0.258. The third-order valence-electron chi connectivity index (χ3n) is 2.67. The zero-order valence-electron chi connectivity index (χ0n) is 11.4. The van der Waals surface area contributed by atoms with Gasteiger partial charge in [-0.25, -0.2) is 0 Å². The maximum Gasteiger partial charge on any atom is 0.365 e. The van der Waals surface area contributed by atoms with E-state index in [0.29, 0.717) is 18.7 Å². The average Bonchev–Trinajstić information content (AvgIpc) is 2.38. The van der Waals surface area contributed by atoms with Crippen molar-refractivity contribution in [2.24, 2.45) is 5.73 Å². The van der Waals surface area contributed by atoms with E-state index in [1.807, 2.05) is 19.1 Å². The summed E-state index contributed by atoms with van der Waals surface area (Å²) in [5, 5.41) is 0. The maximum atomic E-state index is 11.7. The third-order valence-corrected chi connectivity index (χ3v) is 3.81. The van der Waals surface area contributed by atoms with Gasteiger partial charge in [0.15, 0.2) is 6.35 Å². The highest BCUT2D eigenvalue weighted by molar-refractivity contribution is 7.52. The van der Waals surface area contributed by atoms with Crippen LogP contribution in [0.15, 0.2) is 24.3 Å². The van der Waals surface area contributed by atoms with Gasteiger partial charge in [-0.1, -0.05) is 19.1 Å². The fourth-order valence-electron chi connectivity index (χ4n) is 1.46. The van der Waals surface area contributed by atoms with E-state index in [4.69, 9.17) is 15.0 Å². The van der Waals surface area contributed by atoms with E-state index in [1.54, 1.807) is 19.1 Å². The van der Waals surface area contributed by atoms with Gasteiger partial charge in [-0.05, 0) is 44.0 Å². The van der Waals surface area contributed by atoms with Gasteiger partial charge in [0, 0.05) is 0 Å². The zero-order valence-corrected chi connectivity index (χ0v) is 12.3. The topological polar surface area (TPSA) is 81.8 Å². The minimum atomic E-state index is -3.70. The first-order chi connectivity index (χ1) is 8.96. The molecule has 0 saturated carbocycles. The standard InChI is InChI=1S/C13H22NO4P/c1-3-11(2)18-19(15,16)10-17-13-6-4-12(5-7-13)8-9-14/h4-7,11H,3,8-10,14H2,1-2H3,(H,15,16). The van der Waals surface area contributed by atoms with E-state index >= 15 is 0 Å². The number of hydrogen-bond donors (Lipinski definition) is 2. The number of rotatable bonds is 8. The molecule has 0 amide bonds. The molecule has 0 spiro atoms. The highest BCUT2D eigenvalue weighted by atomic mass is 31.2. The summed E-state index contributed by atoms with van der Waals surface area (Å²) in [6.45, 7) is 4.24. The van der Waals surface area contributed by atoms with Crippen molar-refractivity contribution >= 4 is 7.60 Å². The van der Waals surface area contributed by atoms with Gasteiger partial charge in [0.05, 0.1) is 6.10 Å². The molecule has 0 fully saturated rings. The molecule has 108 valence electrons. The van der Waals surface area contributed by atoms with Crippen LogP contribution in [0.1, 0.15) is 25.8 Å². The largest absolute Gasteiger partial charge is 0.481 e. The number of benzene rings is 1. The van der Waals surface area contributed by atoms with Crippen molar-refractivity contribution in [1.82, 2.24) is 0 Å². The lowest BCUT2D eigenvalue weighted by Gasteiger charge is -2.17. The van der Waals surface area contributed by atoms with Crippen molar-refractivity contribution in [3.05, 3.63) is 29.8 Å². The lowest BCUT2D eigenvalue weighted by Crippen LogP contribution is -2.09. The van der Waals surface area contributed by atoms with Gasteiger partial charge in [0.2, 0.25) is 0 Å². The summed E-state index contributed by atoms with van der Waals surface area (Å²) in [5.41, 5.74) is 6.57. The smallest absolute Gasteiger partial charge is 0.365 e. The molecule has 0 aromatic heterocycles. The van der Waals surface area contributed by atoms with Crippen LogP contribution in [0.4, 0.5) is 0 Å². The summed E-state index contributed by atoms with van der Waals surface area (Å²) in [6, 6.07) is 7.29. The molecule has 2 unspecified atom stereocenters. The summed E-state index contributed by atoms with van der Waals surface area (Å²) < 4.78 is 22.0. The summed E-state index contributed by atoms with van der Waals surface area (Å²) >= 11 is 0. The van der Waals surface area contributed by atoms with Gasteiger partial charge in [0.25, 0.3) is 0 Å². The zero-order chi connectivity index (χ0) is 14.3. The molecular weight excluding hydrogens is 265 g/mol. The molecule has 1 aromatic rings. The monoisotopic (exact) mass is 287 g/mol. The van der Waals surface area contributed by atoms with Gasteiger partial charge in [-0.2, -0.15) is 0 Å². The van der Waals surface area contributed by atoms with Crippen molar-refractivity contribution in [2.75, 3.05) is 12.9 Å².